The van der Waals surface area contributed by atoms with Crippen LogP contribution in [0.25, 0.3) is 27.5 Å². The van der Waals surface area contributed by atoms with E-state index in [1.165, 1.54) is 10.8 Å². The number of nitrogens with zero attached hydrogens (tertiary/aromatic N) is 4. The number of hydrogen-bond donors (Lipinski definition) is 0. The van der Waals surface area contributed by atoms with Gasteiger partial charge in [-0.1, -0.05) is 127 Å². The SMILES string of the molecule is c1ccc(N(c2ccccc2)c2ccc3c(c2)c2ccccc2n3-c2ccc(N(c3ccccc3)c3ccccc3)c(N(c3ccccc3)c3ccccc3)c2)cc1. The van der Waals surface area contributed by atoms with Gasteiger partial charge in [0.1, 0.15) is 0 Å². The van der Waals surface area contributed by atoms with E-state index < -0.39 is 0 Å². The lowest BCUT2D eigenvalue weighted by Gasteiger charge is -2.33. The van der Waals surface area contributed by atoms with Gasteiger partial charge in [0.25, 0.3) is 0 Å². The Morgan fingerprint density at radius 3 is 1.09 bits per heavy atom. The second kappa shape index (κ2) is 15.4. The van der Waals surface area contributed by atoms with Crippen molar-refractivity contribution < 1.29 is 0 Å². The Kier molecular flexibility index (Phi) is 9.18. The number of benzene rings is 9. The highest BCUT2D eigenvalue weighted by Gasteiger charge is 2.24. The van der Waals surface area contributed by atoms with Gasteiger partial charge < -0.3 is 19.3 Å². The van der Waals surface area contributed by atoms with Gasteiger partial charge in [0.15, 0.2) is 0 Å². The molecule has 0 spiro atoms. The molecule has 0 saturated heterocycles. The van der Waals surface area contributed by atoms with Crippen molar-refractivity contribution in [3.05, 3.63) is 243 Å². The third-order valence-electron chi connectivity index (χ3n) is 10.7. The van der Waals surface area contributed by atoms with Crippen LogP contribution in [0.1, 0.15) is 0 Å². The van der Waals surface area contributed by atoms with Crippen LogP contribution in [0.4, 0.5) is 51.2 Å². The maximum absolute atomic E-state index is 2.42. The van der Waals surface area contributed by atoms with Gasteiger partial charge in [-0.3, -0.25) is 0 Å². The molecule has 1 heterocycles. The molecule has 0 unspecified atom stereocenters. The van der Waals surface area contributed by atoms with Crippen LogP contribution in [0.5, 0.6) is 0 Å². The summed E-state index contributed by atoms with van der Waals surface area (Å²) >= 11 is 0. The van der Waals surface area contributed by atoms with Crippen LogP contribution in [-0.4, -0.2) is 4.57 Å². The summed E-state index contributed by atoms with van der Waals surface area (Å²) in [5.41, 5.74) is 13.1. The third-order valence-corrected chi connectivity index (χ3v) is 10.7. The van der Waals surface area contributed by atoms with Crippen LogP contribution in [0.3, 0.4) is 0 Å². The van der Waals surface area contributed by atoms with Gasteiger partial charge in [0.2, 0.25) is 0 Å². The monoisotopic (exact) mass is 744 g/mol. The van der Waals surface area contributed by atoms with E-state index in [1.807, 2.05) is 0 Å². The molecule has 0 atom stereocenters. The number of rotatable bonds is 10. The number of aromatic nitrogens is 1. The van der Waals surface area contributed by atoms with Crippen molar-refractivity contribution in [3.63, 3.8) is 0 Å². The fourth-order valence-corrected chi connectivity index (χ4v) is 8.16. The first-order valence-electron chi connectivity index (χ1n) is 19.7. The Morgan fingerprint density at radius 2 is 0.621 bits per heavy atom. The smallest absolute Gasteiger partial charge is 0.0723 e. The van der Waals surface area contributed by atoms with Crippen LogP contribution in [0, 0.1) is 0 Å². The average Bonchev–Trinajstić information content (AvgIpc) is 3.63. The molecule has 9 aromatic carbocycles. The highest BCUT2D eigenvalue weighted by Crippen LogP contribution is 2.47. The van der Waals surface area contributed by atoms with Crippen molar-refractivity contribution in [2.75, 3.05) is 14.7 Å². The molecule has 0 N–H and O–H groups in total. The molecular formula is C54H40N4. The quantitative estimate of drug-likeness (QED) is 0.139. The highest BCUT2D eigenvalue weighted by molar-refractivity contribution is 6.11. The number of hydrogen-bond acceptors (Lipinski definition) is 3. The molecule has 4 nitrogen and oxygen atoms in total. The summed E-state index contributed by atoms with van der Waals surface area (Å²) < 4.78 is 2.42. The van der Waals surface area contributed by atoms with Gasteiger partial charge in [-0.15, -0.1) is 0 Å². The van der Waals surface area contributed by atoms with Crippen molar-refractivity contribution in [1.82, 2.24) is 4.57 Å². The lowest BCUT2D eigenvalue weighted by Crippen LogP contribution is -2.17. The van der Waals surface area contributed by atoms with E-state index in [-0.39, 0.29) is 0 Å². The van der Waals surface area contributed by atoms with E-state index in [0.717, 1.165) is 67.9 Å². The zero-order chi connectivity index (χ0) is 38.7. The minimum Gasteiger partial charge on any atom is -0.310 e. The zero-order valence-electron chi connectivity index (χ0n) is 31.9. The Labute approximate surface area is 339 Å². The molecule has 0 fully saturated rings. The van der Waals surface area contributed by atoms with Gasteiger partial charge >= 0.3 is 0 Å². The number of para-hydroxylation sites is 7. The summed E-state index contributed by atoms with van der Waals surface area (Å²) in [7, 11) is 0. The van der Waals surface area contributed by atoms with Crippen molar-refractivity contribution >= 4 is 73.0 Å². The first-order chi connectivity index (χ1) is 28.8. The van der Waals surface area contributed by atoms with Crippen LogP contribution in [0.2, 0.25) is 0 Å². The fourth-order valence-electron chi connectivity index (χ4n) is 8.16. The van der Waals surface area contributed by atoms with Gasteiger partial charge in [-0.2, -0.15) is 0 Å². The van der Waals surface area contributed by atoms with E-state index in [9.17, 15) is 0 Å². The summed E-state index contributed by atoms with van der Waals surface area (Å²) in [6.45, 7) is 0. The fraction of sp³-hybridized carbons (Fsp3) is 0. The van der Waals surface area contributed by atoms with Crippen LogP contribution in [0.15, 0.2) is 243 Å². The third kappa shape index (κ3) is 6.43. The molecule has 1 aromatic heterocycles. The maximum atomic E-state index is 2.42. The second-order valence-electron chi connectivity index (χ2n) is 14.2. The van der Waals surface area contributed by atoms with Crippen LogP contribution in [-0.2, 0) is 0 Å². The van der Waals surface area contributed by atoms with E-state index in [0.29, 0.717) is 0 Å². The normalized spacial score (nSPS) is 11.1. The summed E-state index contributed by atoms with van der Waals surface area (Å²) in [5, 5.41) is 2.39. The summed E-state index contributed by atoms with van der Waals surface area (Å²) in [6.07, 6.45) is 0. The molecule has 0 aliphatic heterocycles. The van der Waals surface area contributed by atoms with Crippen molar-refractivity contribution in [2.24, 2.45) is 0 Å². The minimum atomic E-state index is 1.05. The topological polar surface area (TPSA) is 14.7 Å². The standard InChI is InChI=1S/C54H40N4/c1-7-21-41(22-8-1)55(42-23-9-2-10-24-42)47-35-37-52-50(39-47)49-33-19-20-34-51(49)58(52)48-36-38-53(56(43-25-11-3-12-26-43)44-27-13-4-14-28-44)54(40-48)57(45-29-15-5-16-30-45)46-31-17-6-18-32-46/h1-40H. The molecule has 0 bridgehead atoms. The van der Waals surface area contributed by atoms with Gasteiger partial charge in [-0.25, -0.2) is 0 Å². The Morgan fingerprint density at radius 1 is 0.241 bits per heavy atom. The first kappa shape index (κ1) is 34.7. The van der Waals surface area contributed by atoms with Crippen LogP contribution < -0.4 is 14.7 Å². The second-order valence-corrected chi connectivity index (χ2v) is 14.2. The van der Waals surface area contributed by atoms with Crippen molar-refractivity contribution in [3.8, 4) is 5.69 Å². The Bertz CT molecular complexity index is 2810. The molecule has 276 valence electrons. The molecule has 4 heteroatoms. The summed E-state index contributed by atoms with van der Waals surface area (Å²) in [5.74, 6) is 0. The Balaban J connectivity index is 1.23. The molecule has 58 heavy (non-hydrogen) atoms. The first-order valence-corrected chi connectivity index (χ1v) is 19.7. The lowest BCUT2D eigenvalue weighted by molar-refractivity contribution is 1.16. The average molecular weight is 745 g/mol. The highest BCUT2D eigenvalue weighted by atomic mass is 15.2. The summed E-state index contributed by atoms with van der Waals surface area (Å²) in [4.78, 5) is 7.07. The largest absolute Gasteiger partial charge is 0.310 e. The molecule has 10 rings (SSSR count). The molecular weight excluding hydrogens is 705 g/mol. The maximum Gasteiger partial charge on any atom is 0.0723 e. The predicted octanol–water partition coefficient (Wildman–Crippen LogP) is 15.2. The van der Waals surface area contributed by atoms with Gasteiger partial charge in [-0.05, 0) is 115 Å². The number of anilines is 9. The van der Waals surface area contributed by atoms with Crippen LogP contribution >= 0.6 is 0 Å². The summed E-state index contributed by atoms with van der Waals surface area (Å²) in [6, 6.07) is 86.4. The molecule has 0 aliphatic carbocycles. The molecule has 0 saturated carbocycles. The Hall–Kier alpha value is -7.82. The molecule has 0 aliphatic rings. The van der Waals surface area contributed by atoms with E-state index >= 15 is 0 Å². The lowest BCUT2D eigenvalue weighted by atomic mass is 10.1. The van der Waals surface area contributed by atoms with Crippen molar-refractivity contribution in [1.29, 1.82) is 0 Å². The number of fused-ring (bicyclic) bond motifs is 3. The van der Waals surface area contributed by atoms with Gasteiger partial charge in [0, 0.05) is 56.3 Å². The zero-order valence-corrected chi connectivity index (χ0v) is 31.9. The van der Waals surface area contributed by atoms with Gasteiger partial charge in [0.05, 0.1) is 22.4 Å². The van der Waals surface area contributed by atoms with E-state index in [4.69, 9.17) is 0 Å². The molecule has 0 radical (unpaired) electrons. The van der Waals surface area contributed by atoms with E-state index in [2.05, 4.69) is 262 Å². The minimum absolute atomic E-state index is 1.05. The van der Waals surface area contributed by atoms with Crippen molar-refractivity contribution in [2.45, 2.75) is 0 Å². The molecule has 0 amide bonds. The molecule has 10 aromatic rings. The van der Waals surface area contributed by atoms with E-state index in [1.54, 1.807) is 0 Å². The predicted molar refractivity (Wildman–Crippen MR) is 245 cm³/mol.